The van der Waals surface area contributed by atoms with E-state index in [1.807, 2.05) is 57.2 Å². The number of rotatable bonds is 9. The lowest BCUT2D eigenvalue weighted by atomic mass is 9.95. The van der Waals surface area contributed by atoms with Gasteiger partial charge in [-0.05, 0) is 76.9 Å². The lowest BCUT2D eigenvalue weighted by molar-refractivity contribution is -0.138. The van der Waals surface area contributed by atoms with Crippen LogP contribution in [0.25, 0.3) is 0 Å². The van der Waals surface area contributed by atoms with Crippen LogP contribution in [0.4, 0.5) is 4.79 Å². The van der Waals surface area contributed by atoms with Gasteiger partial charge in [0.15, 0.2) is 0 Å². The highest BCUT2D eigenvalue weighted by atomic mass is 16.6. The van der Waals surface area contributed by atoms with Gasteiger partial charge in [0.2, 0.25) is 11.8 Å². The second-order valence-corrected chi connectivity index (χ2v) is 11.6. The van der Waals surface area contributed by atoms with Gasteiger partial charge >= 0.3 is 12.1 Å². The van der Waals surface area contributed by atoms with E-state index in [0.717, 1.165) is 24.8 Å². The fraction of sp³-hybridized carbons (Fsp3) is 0.600. The van der Waals surface area contributed by atoms with Gasteiger partial charge in [-0.1, -0.05) is 36.4 Å². The number of aryl methyl sites for hydroxylation is 1. The van der Waals surface area contributed by atoms with E-state index in [4.69, 9.17) is 4.74 Å². The van der Waals surface area contributed by atoms with Crippen molar-refractivity contribution in [3.63, 3.8) is 0 Å². The lowest BCUT2D eigenvalue weighted by Gasteiger charge is -2.33. The maximum Gasteiger partial charge on any atom is 0.410 e. The van der Waals surface area contributed by atoms with Crippen molar-refractivity contribution in [2.75, 3.05) is 26.2 Å². The van der Waals surface area contributed by atoms with Crippen molar-refractivity contribution in [1.82, 2.24) is 15.1 Å². The predicted molar refractivity (Wildman–Crippen MR) is 148 cm³/mol. The first-order valence-electron chi connectivity index (χ1n) is 14.0. The van der Waals surface area contributed by atoms with Crippen molar-refractivity contribution in [1.29, 1.82) is 0 Å². The minimum absolute atomic E-state index is 0.117. The Kier molecular flexibility index (Phi) is 10.9. The minimum atomic E-state index is -0.948. The van der Waals surface area contributed by atoms with Crippen molar-refractivity contribution < 1.29 is 29.0 Å². The standard InChI is InChI=1S/C30H43N3O6/c1-30(2,3)39-29(38)32-18-15-23(16-19-32)12-14-26(34)33-17-7-10-24(21-33)28(37)31-25(20-27(35)36)13-11-22-8-5-4-6-9-22/h4-6,8-9,12,14,23-25H,7,10-11,13,15-21H2,1-3H3,(H,31,37)(H,35,36)/b14-12+/t24-,25?/m1/s1. The third-order valence-corrected chi connectivity index (χ3v) is 7.20. The quantitative estimate of drug-likeness (QED) is 0.456. The van der Waals surface area contributed by atoms with Crippen molar-refractivity contribution in [2.24, 2.45) is 11.8 Å². The largest absolute Gasteiger partial charge is 0.481 e. The first-order valence-corrected chi connectivity index (χ1v) is 14.0. The number of amides is 3. The van der Waals surface area contributed by atoms with Crippen LogP contribution in [0.5, 0.6) is 0 Å². The number of carbonyl (C=O) groups excluding carboxylic acids is 3. The van der Waals surface area contributed by atoms with Gasteiger partial charge < -0.3 is 25.0 Å². The van der Waals surface area contributed by atoms with Gasteiger partial charge in [0.25, 0.3) is 0 Å². The van der Waals surface area contributed by atoms with Crippen molar-refractivity contribution in [3.05, 3.63) is 48.0 Å². The number of carboxylic acid groups (broad SMARTS) is 1. The maximum atomic E-state index is 13.0. The third kappa shape index (κ3) is 10.4. The van der Waals surface area contributed by atoms with Crippen LogP contribution in [-0.2, 0) is 25.5 Å². The van der Waals surface area contributed by atoms with Crippen LogP contribution in [0.3, 0.4) is 0 Å². The molecule has 0 radical (unpaired) electrons. The normalized spacial score (nSPS) is 19.5. The molecule has 214 valence electrons. The Hall–Kier alpha value is -3.36. The molecule has 0 bridgehead atoms. The number of likely N-dealkylation sites (tertiary alicyclic amines) is 2. The predicted octanol–water partition coefficient (Wildman–Crippen LogP) is 4.02. The molecule has 0 saturated carbocycles. The Morgan fingerprint density at radius 1 is 1.05 bits per heavy atom. The van der Waals surface area contributed by atoms with E-state index in [0.29, 0.717) is 45.4 Å². The number of benzene rings is 1. The average Bonchev–Trinajstić information content (AvgIpc) is 2.90. The summed E-state index contributed by atoms with van der Waals surface area (Å²) >= 11 is 0. The number of hydrogen-bond donors (Lipinski definition) is 2. The molecule has 2 aliphatic heterocycles. The zero-order valence-corrected chi connectivity index (χ0v) is 23.4. The van der Waals surface area contributed by atoms with Crippen LogP contribution in [0.15, 0.2) is 42.5 Å². The number of hydrogen-bond acceptors (Lipinski definition) is 5. The summed E-state index contributed by atoms with van der Waals surface area (Å²) in [7, 11) is 0. The molecule has 2 fully saturated rings. The van der Waals surface area contributed by atoms with E-state index in [2.05, 4.69) is 5.32 Å². The second kappa shape index (κ2) is 14.1. The summed E-state index contributed by atoms with van der Waals surface area (Å²) in [5.74, 6) is -1.41. The van der Waals surface area contributed by atoms with Crippen LogP contribution in [-0.4, -0.2) is 76.6 Å². The number of carboxylic acids is 1. The molecule has 0 aromatic heterocycles. The van der Waals surface area contributed by atoms with Gasteiger partial charge in [-0.25, -0.2) is 4.79 Å². The van der Waals surface area contributed by atoms with Gasteiger partial charge in [0.05, 0.1) is 12.3 Å². The highest BCUT2D eigenvalue weighted by molar-refractivity contribution is 5.88. The molecule has 3 rings (SSSR count). The smallest absolute Gasteiger partial charge is 0.410 e. The molecule has 2 aliphatic rings. The molecule has 2 heterocycles. The molecule has 9 nitrogen and oxygen atoms in total. The molecule has 1 aromatic rings. The van der Waals surface area contributed by atoms with Crippen molar-refractivity contribution in [3.8, 4) is 0 Å². The Balaban J connectivity index is 1.47. The van der Waals surface area contributed by atoms with Crippen LogP contribution in [0.2, 0.25) is 0 Å². The topological polar surface area (TPSA) is 116 Å². The Labute approximate surface area is 231 Å². The lowest BCUT2D eigenvalue weighted by Crippen LogP contribution is -2.47. The number of carbonyl (C=O) groups is 4. The summed E-state index contributed by atoms with van der Waals surface area (Å²) in [5.41, 5.74) is 0.571. The number of allylic oxidation sites excluding steroid dienone is 1. The summed E-state index contributed by atoms with van der Waals surface area (Å²) in [6, 6.07) is 9.32. The summed E-state index contributed by atoms with van der Waals surface area (Å²) in [5, 5.41) is 12.3. The minimum Gasteiger partial charge on any atom is -0.481 e. The fourth-order valence-electron chi connectivity index (χ4n) is 5.06. The molecular weight excluding hydrogens is 498 g/mol. The summed E-state index contributed by atoms with van der Waals surface area (Å²) < 4.78 is 5.44. The molecule has 3 amide bonds. The van der Waals surface area contributed by atoms with Crippen molar-refractivity contribution in [2.45, 2.75) is 77.4 Å². The van der Waals surface area contributed by atoms with E-state index >= 15 is 0 Å². The van der Waals surface area contributed by atoms with E-state index in [-0.39, 0.29) is 36.2 Å². The highest BCUT2D eigenvalue weighted by Gasteiger charge is 2.30. The number of aliphatic carboxylic acids is 1. The van der Waals surface area contributed by atoms with E-state index in [9.17, 15) is 24.3 Å². The number of nitrogens with zero attached hydrogens (tertiary/aromatic N) is 2. The average molecular weight is 542 g/mol. The molecular formula is C30H43N3O6. The van der Waals surface area contributed by atoms with E-state index < -0.39 is 17.6 Å². The molecule has 0 aliphatic carbocycles. The highest BCUT2D eigenvalue weighted by Crippen LogP contribution is 2.22. The van der Waals surface area contributed by atoms with Gasteiger partial charge in [-0.2, -0.15) is 0 Å². The molecule has 1 aromatic carbocycles. The monoisotopic (exact) mass is 541 g/mol. The number of ether oxygens (including phenoxy) is 1. The summed E-state index contributed by atoms with van der Waals surface area (Å²) in [6.07, 6.45) is 7.22. The molecule has 1 unspecified atom stereocenters. The zero-order chi connectivity index (χ0) is 28.4. The fourth-order valence-corrected chi connectivity index (χ4v) is 5.06. The summed E-state index contributed by atoms with van der Waals surface area (Å²) in [4.78, 5) is 53.0. The zero-order valence-electron chi connectivity index (χ0n) is 23.4. The van der Waals surface area contributed by atoms with Crippen LogP contribution >= 0.6 is 0 Å². The third-order valence-electron chi connectivity index (χ3n) is 7.20. The summed E-state index contributed by atoms with van der Waals surface area (Å²) in [6.45, 7) is 7.64. The van der Waals surface area contributed by atoms with Gasteiger partial charge in [0.1, 0.15) is 5.60 Å². The molecule has 2 N–H and O–H groups in total. The molecule has 39 heavy (non-hydrogen) atoms. The molecule has 2 atom stereocenters. The first kappa shape index (κ1) is 30.2. The van der Waals surface area contributed by atoms with E-state index in [1.165, 1.54) is 0 Å². The SMILES string of the molecule is CC(C)(C)OC(=O)N1CCC(/C=C/C(=O)N2CCC[C@@H](C(=O)NC(CCc3ccccc3)CC(=O)O)C2)CC1. The van der Waals surface area contributed by atoms with Crippen molar-refractivity contribution >= 4 is 23.9 Å². The molecule has 0 spiro atoms. The van der Waals surface area contributed by atoms with Gasteiger partial charge in [-0.3, -0.25) is 14.4 Å². The Morgan fingerprint density at radius 3 is 2.38 bits per heavy atom. The number of nitrogens with one attached hydrogen (secondary N) is 1. The molecule has 2 saturated heterocycles. The Bertz CT molecular complexity index is 1010. The van der Waals surface area contributed by atoms with E-state index in [1.54, 1.807) is 15.9 Å². The number of piperidine rings is 2. The maximum absolute atomic E-state index is 13.0. The van der Waals surface area contributed by atoms with Crippen LogP contribution in [0, 0.1) is 11.8 Å². The van der Waals surface area contributed by atoms with Gasteiger partial charge in [-0.15, -0.1) is 0 Å². The van der Waals surface area contributed by atoms with Crippen LogP contribution in [0.1, 0.15) is 64.9 Å². The second-order valence-electron chi connectivity index (χ2n) is 11.6. The van der Waals surface area contributed by atoms with Crippen LogP contribution < -0.4 is 5.32 Å². The first-order chi connectivity index (χ1) is 18.5. The Morgan fingerprint density at radius 2 is 1.74 bits per heavy atom. The molecule has 9 heteroatoms. The van der Waals surface area contributed by atoms with Gasteiger partial charge in [0, 0.05) is 32.2 Å².